The van der Waals surface area contributed by atoms with Crippen molar-refractivity contribution in [2.45, 2.75) is 19.9 Å². The average molecular weight is 226 g/mol. The number of aromatic nitrogens is 3. The van der Waals surface area contributed by atoms with Gasteiger partial charge in [-0.05, 0) is 13.3 Å². The van der Waals surface area contributed by atoms with E-state index < -0.39 is 17.8 Å². The molecule has 1 amide bonds. The molecular formula is C9H14N4O3. The minimum absolute atomic E-state index is 0.427. The van der Waals surface area contributed by atoms with E-state index in [2.05, 4.69) is 15.6 Å². The molecular weight excluding hydrogens is 212 g/mol. The molecule has 88 valence electrons. The fourth-order valence-corrected chi connectivity index (χ4v) is 1.07. The Morgan fingerprint density at radius 3 is 2.88 bits per heavy atom. The van der Waals surface area contributed by atoms with E-state index in [1.165, 1.54) is 6.92 Å². The maximum atomic E-state index is 11.2. The summed E-state index contributed by atoms with van der Waals surface area (Å²) in [4.78, 5) is 21.7. The van der Waals surface area contributed by atoms with E-state index in [0.29, 0.717) is 19.5 Å². The van der Waals surface area contributed by atoms with Crippen LogP contribution >= 0.6 is 0 Å². The Morgan fingerprint density at radius 1 is 1.56 bits per heavy atom. The standard InChI is InChI=1S/C9H14N4O3/c1-7(9(15)16)8(14)10-3-2-5-13-6-4-11-12-13/h4,6-7H,2-3,5H2,1H3,(H,10,14)(H,15,16). The second-order valence-corrected chi connectivity index (χ2v) is 3.37. The lowest BCUT2D eigenvalue weighted by Crippen LogP contribution is -2.34. The van der Waals surface area contributed by atoms with Gasteiger partial charge in [-0.15, -0.1) is 5.10 Å². The highest BCUT2D eigenvalue weighted by atomic mass is 16.4. The van der Waals surface area contributed by atoms with Crippen LogP contribution in [0.2, 0.25) is 0 Å². The van der Waals surface area contributed by atoms with Gasteiger partial charge in [0, 0.05) is 19.3 Å². The van der Waals surface area contributed by atoms with Crippen molar-refractivity contribution >= 4 is 11.9 Å². The summed E-state index contributed by atoms with van der Waals surface area (Å²) in [5.41, 5.74) is 0. The number of carbonyl (C=O) groups is 2. The molecule has 0 bridgehead atoms. The van der Waals surface area contributed by atoms with Gasteiger partial charge in [0.15, 0.2) is 0 Å². The third kappa shape index (κ3) is 3.68. The Labute approximate surface area is 92.4 Å². The molecule has 1 aromatic heterocycles. The molecule has 0 fully saturated rings. The van der Waals surface area contributed by atoms with Crippen LogP contribution in [-0.2, 0) is 16.1 Å². The average Bonchev–Trinajstić information content (AvgIpc) is 2.75. The first-order chi connectivity index (χ1) is 7.61. The third-order valence-electron chi connectivity index (χ3n) is 2.10. The van der Waals surface area contributed by atoms with Crippen LogP contribution in [0.5, 0.6) is 0 Å². The van der Waals surface area contributed by atoms with Crippen LogP contribution in [0.15, 0.2) is 12.4 Å². The molecule has 0 aliphatic heterocycles. The van der Waals surface area contributed by atoms with E-state index in [0.717, 1.165) is 0 Å². The van der Waals surface area contributed by atoms with Crippen LogP contribution in [0.4, 0.5) is 0 Å². The number of nitrogens with zero attached hydrogens (tertiary/aromatic N) is 3. The quantitative estimate of drug-likeness (QED) is 0.503. The normalized spacial score (nSPS) is 12.1. The molecule has 1 unspecified atom stereocenters. The van der Waals surface area contributed by atoms with Crippen molar-refractivity contribution in [3.8, 4) is 0 Å². The smallest absolute Gasteiger partial charge is 0.315 e. The largest absolute Gasteiger partial charge is 0.481 e. The van der Waals surface area contributed by atoms with Crippen molar-refractivity contribution in [2.75, 3.05) is 6.54 Å². The van der Waals surface area contributed by atoms with Gasteiger partial charge in [0.25, 0.3) is 0 Å². The van der Waals surface area contributed by atoms with E-state index >= 15 is 0 Å². The molecule has 0 aliphatic carbocycles. The summed E-state index contributed by atoms with van der Waals surface area (Å²) in [6, 6.07) is 0. The lowest BCUT2D eigenvalue weighted by Gasteiger charge is -2.07. The van der Waals surface area contributed by atoms with Gasteiger partial charge >= 0.3 is 5.97 Å². The predicted octanol–water partition coefficient (Wildman–Crippen LogP) is -0.495. The number of rotatable bonds is 6. The summed E-state index contributed by atoms with van der Waals surface area (Å²) in [6.07, 6.45) is 3.98. The summed E-state index contributed by atoms with van der Waals surface area (Å²) in [7, 11) is 0. The zero-order chi connectivity index (χ0) is 12.0. The highest BCUT2D eigenvalue weighted by Gasteiger charge is 2.19. The Bertz CT molecular complexity index is 350. The van der Waals surface area contributed by atoms with E-state index in [1.54, 1.807) is 17.1 Å². The molecule has 1 aromatic rings. The lowest BCUT2D eigenvalue weighted by molar-refractivity contribution is -0.146. The maximum absolute atomic E-state index is 11.2. The van der Waals surface area contributed by atoms with Gasteiger partial charge < -0.3 is 10.4 Å². The first-order valence-electron chi connectivity index (χ1n) is 4.96. The fraction of sp³-hybridized carbons (Fsp3) is 0.556. The van der Waals surface area contributed by atoms with E-state index in [1.807, 2.05) is 0 Å². The zero-order valence-electron chi connectivity index (χ0n) is 8.96. The van der Waals surface area contributed by atoms with Crippen molar-refractivity contribution in [3.63, 3.8) is 0 Å². The van der Waals surface area contributed by atoms with E-state index in [-0.39, 0.29) is 0 Å². The number of hydrogen-bond donors (Lipinski definition) is 2. The Kier molecular flexibility index (Phi) is 4.43. The van der Waals surface area contributed by atoms with Crippen LogP contribution in [0, 0.1) is 5.92 Å². The van der Waals surface area contributed by atoms with Gasteiger partial charge in [0.05, 0.1) is 6.20 Å². The van der Waals surface area contributed by atoms with Crippen LogP contribution in [0.1, 0.15) is 13.3 Å². The highest BCUT2D eigenvalue weighted by molar-refractivity contribution is 5.96. The minimum Gasteiger partial charge on any atom is -0.481 e. The second kappa shape index (κ2) is 5.84. The van der Waals surface area contributed by atoms with Crippen molar-refractivity contribution in [2.24, 2.45) is 5.92 Å². The summed E-state index contributed by atoms with van der Waals surface area (Å²) < 4.78 is 1.65. The van der Waals surface area contributed by atoms with Crippen molar-refractivity contribution in [1.29, 1.82) is 0 Å². The number of carbonyl (C=O) groups excluding carboxylic acids is 1. The van der Waals surface area contributed by atoms with Gasteiger partial charge in [-0.1, -0.05) is 5.21 Å². The molecule has 16 heavy (non-hydrogen) atoms. The molecule has 2 N–H and O–H groups in total. The van der Waals surface area contributed by atoms with Crippen molar-refractivity contribution in [3.05, 3.63) is 12.4 Å². The van der Waals surface area contributed by atoms with Crippen molar-refractivity contribution < 1.29 is 14.7 Å². The SMILES string of the molecule is CC(C(=O)O)C(=O)NCCCn1ccnn1. The number of carboxylic acids is 1. The van der Waals surface area contributed by atoms with Gasteiger partial charge in [-0.2, -0.15) is 0 Å². The number of nitrogens with one attached hydrogen (secondary N) is 1. The number of hydrogen-bond acceptors (Lipinski definition) is 4. The highest BCUT2D eigenvalue weighted by Crippen LogP contribution is 1.94. The van der Waals surface area contributed by atoms with Crippen LogP contribution in [0.25, 0.3) is 0 Å². The maximum Gasteiger partial charge on any atom is 0.315 e. The second-order valence-electron chi connectivity index (χ2n) is 3.37. The molecule has 0 saturated carbocycles. The molecule has 0 spiro atoms. The molecule has 1 atom stereocenters. The number of amides is 1. The molecule has 0 aliphatic rings. The molecule has 1 heterocycles. The molecule has 0 aromatic carbocycles. The first-order valence-corrected chi connectivity index (χ1v) is 4.96. The fourth-order valence-electron chi connectivity index (χ4n) is 1.07. The predicted molar refractivity (Wildman–Crippen MR) is 54.4 cm³/mol. The van der Waals surface area contributed by atoms with Crippen LogP contribution < -0.4 is 5.32 Å². The Balaban J connectivity index is 2.16. The number of aliphatic carboxylic acids is 1. The molecule has 7 nitrogen and oxygen atoms in total. The monoisotopic (exact) mass is 226 g/mol. The molecule has 7 heteroatoms. The van der Waals surface area contributed by atoms with Gasteiger partial charge in [-0.3, -0.25) is 14.3 Å². The Hall–Kier alpha value is -1.92. The molecule has 0 radical (unpaired) electrons. The van der Waals surface area contributed by atoms with E-state index in [9.17, 15) is 9.59 Å². The minimum atomic E-state index is -1.12. The van der Waals surface area contributed by atoms with Crippen molar-refractivity contribution in [1.82, 2.24) is 20.3 Å². The summed E-state index contributed by atoms with van der Waals surface area (Å²) in [5, 5.41) is 18.5. The number of aryl methyl sites for hydroxylation is 1. The third-order valence-corrected chi connectivity index (χ3v) is 2.10. The van der Waals surface area contributed by atoms with Crippen LogP contribution in [-0.4, -0.2) is 38.5 Å². The van der Waals surface area contributed by atoms with Gasteiger partial charge in [-0.25, -0.2) is 0 Å². The van der Waals surface area contributed by atoms with Crippen LogP contribution in [0.3, 0.4) is 0 Å². The zero-order valence-corrected chi connectivity index (χ0v) is 8.96. The van der Waals surface area contributed by atoms with Gasteiger partial charge in [0.1, 0.15) is 5.92 Å². The topological polar surface area (TPSA) is 97.1 Å². The summed E-state index contributed by atoms with van der Waals surface area (Å²) in [6.45, 7) is 2.42. The summed E-state index contributed by atoms with van der Waals surface area (Å²) >= 11 is 0. The molecule has 0 saturated heterocycles. The lowest BCUT2D eigenvalue weighted by atomic mass is 10.2. The van der Waals surface area contributed by atoms with E-state index in [4.69, 9.17) is 5.11 Å². The molecule has 1 rings (SSSR count). The Morgan fingerprint density at radius 2 is 2.31 bits per heavy atom. The number of carboxylic acid groups (broad SMARTS) is 1. The van der Waals surface area contributed by atoms with Gasteiger partial charge in [0.2, 0.25) is 5.91 Å². The first kappa shape index (κ1) is 12.2. The summed E-state index contributed by atoms with van der Waals surface area (Å²) in [5.74, 6) is -2.59.